The van der Waals surface area contributed by atoms with Gasteiger partial charge in [-0.3, -0.25) is 0 Å². The number of benzene rings is 2. The first-order valence-electron chi connectivity index (χ1n) is 7.95. The van der Waals surface area contributed by atoms with Crippen molar-refractivity contribution in [2.24, 2.45) is 0 Å². The van der Waals surface area contributed by atoms with Gasteiger partial charge in [0.25, 0.3) is 0 Å². The van der Waals surface area contributed by atoms with Gasteiger partial charge in [-0.2, -0.15) is 39.5 Å². The molecule has 0 saturated heterocycles. The van der Waals surface area contributed by atoms with Crippen molar-refractivity contribution in [1.82, 2.24) is 0 Å². The molecule has 0 aliphatic heterocycles. The highest BCUT2D eigenvalue weighted by Gasteiger charge is 2.41. The lowest BCUT2D eigenvalue weighted by Crippen LogP contribution is -2.06. The Kier molecular flexibility index (Phi) is 5.46. The van der Waals surface area contributed by atoms with Crippen molar-refractivity contribution in [3.05, 3.63) is 68.9 Å². The summed E-state index contributed by atoms with van der Waals surface area (Å²) in [6.07, 6.45) is -13.1. The van der Waals surface area contributed by atoms with Crippen LogP contribution in [-0.4, -0.2) is 0 Å². The van der Waals surface area contributed by atoms with E-state index in [1.165, 1.54) is 6.07 Å². The maximum absolute atomic E-state index is 13.4. The Morgan fingerprint density at radius 1 is 0.700 bits per heavy atom. The first kappa shape index (κ1) is 22.3. The van der Waals surface area contributed by atoms with Crippen molar-refractivity contribution in [3.63, 3.8) is 0 Å². The molecule has 0 aliphatic rings. The molecule has 160 valence electrons. The predicted octanol–water partition coefficient (Wildman–Crippen LogP) is 8.42. The minimum atomic E-state index is -5.13. The second-order valence-corrected chi connectivity index (χ2v) is 6.86. The van der Waals surface area contributed by atoms with Gasteiger partial charge in [-0.05, 0) is 39.7 Å². The number of rotatable bonds is 2. The van der Waals surface area contributed by atoms with Gasteiger partial charge in [0.05, 0.1) is 11.1 Å². The van der Waals surface area contributed by atoms with E-state index < -0.39 is 56.4 Å². The van der Waals surface area contributed by atoms with Crippen LogP contribution in [0.1, 0.15) is 28.0 Å². The van der Waals surface area contributed by atoms with Crippen molar-refractivity contribution in [1.29, 1.82) is 0 Å². The molecule has 0 atom stereocenters. The topological polar surface area (TPSA) is 13.1 Å². The zero-order valence-electron chi connectivity index (χ0n) is 14.3. The van der Waals surface area contributed by atoms with E-state index >= 15 is 0 Å². The summed E-state index contributed by atoms with van der Waals surface area (Å²) in [5.41, 5.74) is -4.32. The quantitative estimate of drug-likeness (QED) is 0.320. The molecule has 0 aliphatic carbocycles. The highest BCUT2D eigenvalue weighted by atomic mass is 79.9. The van der Waals surface area contributed by atoms with E-state index in [-0.39, 0.29) is 5.56 Å². The molecule has 1 nitrogen and oxygen atoms in total. The minimum absolute atomic E-state index is 0.126. The maximum Gasteiger partial charge on any atom is 0.450 e. The third-order valence-electron chi connectivity index (χ3n) is 4.08. The smallest absolute Gasteiger partial charge is 0.450 e. The molecule has 0 saturated carbocycles. The molecule has 30 heavy (non-hydrogen) atoms. The molecule has 0 unspecified atom stereocenters. The van der Waals surface area contributed by atoms with Crippen LogP contribution in [0.2, 0.25) is 0 Å². The van der Waals surface area contributed by atoms with Gasteiger partial charge in [-0.1, -0.05) is 30.3 Å². The summed E-state index contributed by atoms with van der Waals surface area (Å²) < 4.78 is 123. The van der Waals surface area contributed by atoms with Crippen molar-refractivity contribution in [3.8, 4) is 0 Å². The van der Waals surface area contributed by atoms with Gasteiger partial charge in [-0.25, -0.2) is 0 Å². The predicted molar refractivity (Wildman–Crippen MR) is 94.3 cm³/mol. The molecule has 0 radical (unpaired) electrons. The lowest BCUT2D eigenvalue weighted by molar-refractivity contribution is -0.153. The highest BCUT2D eigenvalue weighted by molar-refractivity contribution is 9.10. The van der Waals surface area contributed by atoms with Gasteiger partial charge < -0.3 is 4.42 Å². The van der Waals surface area contributed by atoms with Gasteiger partial charge in [0.2, 0.25) is 5.76 Å². The third-order valence-corrected chi connectivity index (χ3v) is 4.97. The summed E-state index contributed by atoms with van der Waals surface area (Å²) in [5, 5.41) is -0.475. The maximum atomic E-state index is 13.4. The molecule has 0 fully saturated rings. The van der Waals surface area contributed by atoms with Crippen LogP contribution < -0.4 is 0 Å². The molecule has 3 rings (SSSR count). The second-order valence-electron chi connectivity index (χ2n) is 6.06. The van der Waals surface area contributed by atoms with E-state index in [2.05, 4.69) is 20.3 Å². The summed E-state index contributed by atoms with van der Waals surface area (Å²) in [6.45, 7) is 0. The van der Waals surface area contributed by atoms with Crippen molar-refractivity contribution in [2.45, 2.75) is 18.5 Å². The van der Waals surface area contributed by atoms with Crippen LogP contribution in [0.4, 0.5) is 39.5 Å². The average Bonchev–Trinajstić information content (AvgIpc) is 2.98. The lowest BCUT2D eigenvalue weighted by Gasteiger charge is -2.10. The van der Waals surface area contributed by atoms with Crippen LogP contribution in [-0.2, 0) is 18.5 Å². The Balaban J connectivity index is 2.22. The number of para-hydroxylation sites is 1. The van der Waals surface area contributed by atoms with E-state index in [4.69, 9.17) is 0 Å². The fraction of sp³-hybridized carbons (Fsp3) is 0.158. The Labute approximate surface area is 170 Å². The van der Waals surface area contributed by atoms with Crippen LogP contribution in [0.5, 0.6) is 0 Å². The fourth-order valence-electron chi connectivity index (χ4n) is 2.81. The number of alkyl halides is 9. The number of fused-ring (bicyclic) bond motifs is 1. The molecule has 2 aromatic carbocycles. The van der Waals surface area contributed by atoms with Crippen LogP contribution in [0, 0.1) is 0 Å². The second kappa shape index (κ2) is 7.36. The zero-order valence-corrected chi connectivity index (χ0v) is 15.9. The number of furan rings is 1. The van der Waals surface area contributed by atoms with E-state index in [1.807, 2.05) is 0 Å². The van der Waals surface area contributed by atoms with Crippen LogP contribution in [0.3, 0.4) is 0 Å². The Bertz CT molecular complexity index is 1120. The van der Waals surface area contributed by atoms with Gasteiger partial charge in [-0.15, -0.1) is 0 Å². The monoisotopic (exact) mass is 502 g/mol. The Morgan fingerprint density at radius 3 is 1.83 bits per heavy atom. The fourth-order valence-corrected chi connectivity index (χ4v) is 3.43. The lowest BCUT2D eigenvalue weighted by atomic mass is 10.0. The summed E-state index contributed by atoms with van der Waals surface area (Å²) in [5.74, 6) is -1.69. The highest BCUT2D eigenvalue weighted by Crippen LogP contribution is 2.44. The SMILES string of the molecule is FC(F)(F)c1cccc(/C=C\c2c(C(F)(F)F)oc3c(C(F)(F)F)cccc23)c1Br. The summed E-state index contributed by atoms with van der Waals surface area (Å²) in [7, 11) is 0. The van der Waals surface area contributed by atoms with Gasteiger partial charge in [0.1, 0.15) is 5.58 Å². The van der Waals surface area contributed by atoms with E-state index in [9.17, 15) is 39.5 Å². The minimum Gasteiger partial charge on any atom is -0.450 e. The van der Waals surface area contributed by atoms with Crippen LogP contribution in [0.25, 0.3) is 23.1 Å². The summed E-state index contributed by atoms with van der Waals surface area (Å²) in [6, 6.07) is 5.51. The number of halogens is 10. The molecule has 1 heterocycles. The molecular formula is C19H8BrF9O. The van der Waals surface area contributed by atoms with E-state index in [0.717, 1.165) is 36.4 Å². The summed E-state index contributed by atoms with van der Waals surface area (Å²) in [4.78, 5) is 0. The Morgan fingerprint density at radius 2 is 1.27 bits per heavy atom. The third kappa shape index (κ3) is 4.21. The normalized spacial score (nSPS) is 13.5. The number of hydrogen-bond donors (Lipinski definition) is 0. The van der Waals surface area contributed by atoms with Crippen molar-refractivity contribution in [2.75, 3.05) is 0 Å². The molecule has 1 aromatic heterocycles. The van der Waals surface area contributed by atoms with Crippen molar-refractivity contribution < 1.29 is 43.9 Å². The van der Waals surface area contributed by atoms with Crippen LogP contribution >= 0.6 is 15.9 Å². The molecule has 0 amide bonds. The summed E-state index contributed by atoms with van der Waals surface area (Å²) >= 11 is 2.76. The van der Waals surface area contributed by atoms with Crippen LogP contribution in [0.15, 0.2) is 45.3 Å². The van der Waals surface area contributed by atoms with Gasteiger partial charge in [0, 0.05) is 15.4 Å². The Hall–Kier alpha value is -2.43. The van der Waals surface area contributed by atoms with E-state index in [0.29, 0.717) is 6.07 Å². The molecule has 0 N–H and O–H groups in total. The van der Waals surface area contributed by atoms with E-state index in [1.54, 1.807) is 0 Å². The first-order valence-corrected chi connectivity index (χ1v) is 8.74. The zero-order chi connectivity index (χ0) is 22.5. The molecule has 0 spiro atoms. The molecule has 3 aromatic rings. The average molecular weight is 503 g/mol. The molecular weight excluding hydrogens is 495 g/mol. The number of hydrogen-bond acceptors (Lipinski definition) is 1. The van der Waals surface area contributed by atoms with Gasteiger partial charge >= 0.3 is 18.5 Å². The largest absolute Gasteiger partial charge is 0.450 e. The van der Waals surface area contributed by atoms with Gasteiger partial charge in [0.15, 0.2) is 0 Å². The molecule has 0 bridgehead atoms. The standard InChI is InChI=1S/C19H8BrF9O/c20-14-9(3-1-5-12(14)17(21,22)23)7-8-11-10-4-2-6-13(18(24,25)26)15(10)30-16(11)19(27,28)29/h1-8H/b8-7-. The molecule has 11 heteroatoms. The van der Waals surface area contributed by atoms with Crippen molar-refractivity contribution >= 4 is 39.1 Å². The first-order chi connectivity index (χ1) is 13.7.